The largest absolute Gasteiger partial charge is 0.390 e. The van der Waals surface area contributed by atoms with Crippen molar-refractivity contribution >= 4 is 33.0 Å². The van der Waals surface area contributed by atoms with Crippen molar-refractivity contribution in [3.05, 3.63) is 88.7 Å². The van der Waals surface area contributed by atoms with Crippen molar-refractivity contribution in [2.45, 2.75) is 47.5 Å². The van der Waals surface area contributed by atoms with Gasteiger partial charge in [0.15, 0.2) is 21.5 Å². The molecule has 7 nitrogen and oxygen atoms in total. The predicted octanol–water partition coefficient (Wildman–Crippen LogP) is 4.17. The molecule has 0 spiro atoms. The second-order valence-corrected chi connectivity index (χ2v) is 12.6. The van der Waals surface area contributed by atoms with Crippen LogP contribution >= 0.6 is 11.6 Å². The average Bonchev–Trinajstić information content (AvgIpc) is 2.90. The number of hydrogen-bond acceptors (Lipinski definition) is 6. The highest BCUT2D eigenvalue weighted by Gasteiger charge is 2.63. The number of aliphatic hydroxyl groups excluding tert-OH is 1. The van der Waals surface area contributed by atoms with Crippen LogP contribution in [0.3, 0.4) is 0 Å². The Balaban J connectivity index is 1.32. The van der Waals surface area contributed by atoms with Crippen LogP contribution in [-0.2, 0) is 16.3 Å². The van der Waals surface area contributed by atoms with Crippen molar-refractivity contribution < 1.29 is 32.2 Å². The van der Waals surface area contributed by atoms with Gasteiger partial charge in [-0.3, -0.25) is 9.78 Å². The summed E-state index contributed by atoms with van der Waals surface area (Å²) >= 11 is 6.25. The summed E-state index contributed by atoms with van der Waals surface area (Å²) in [6, 6.07) is 10.2. The lowest BCUT2D eigenvalue weighted by Crippen LogP contribution is -2.67. The first kappa shape index (κ1) is 26.7. The van der Waals surface area contributed by atoms with Crippen LogP contribution in [0.4, 0.5) is 14.5 Å². The Morgan fingerprint density at radius 2 is 1.74 bits per heavy atom. The third-order valence-electron chi connectivity index (χ3n) is 7.80. The van der Waals surface area contributed by atoms with E-state index in [1.807, 2.05) is 0 Å². The molecule has 3 unspecified atom stereocenters. The lowest BCUT2D eigenvalue weighted by molar-refractivity contribution is -0.230. The molecule has 11 heteroatoms. The zero-order valence-electron chi connectivity index (χ0n) is 20.0. The van der Waals surface area contributed by atoms with Gasteiger partial charge < -0.3 is 15.5 Å². The maximum atomic E-state index is 13.6. The number of aromatic nitrogens is 1. The molecule has 3 N–H and O–H groups in total. The number of hydrogen-bond donors (Lipinski definition) is 3. The van der Waals surface area contributed by atoms with Crippen molar-refractivity contribution in [2.24, 2.45) is 11.8 Å². The maximum absolute atomic E-state index is 13.6. The Kier molecular flexibility index (Phi) is 7.02. The van der Waals surface area contributed by atoms with E-state index in [0.717, 1.165) is 23.8 Å². The number of rotatable bonds is 7. The molecule has 2 aromatic carbocycles. The Hall–Kier alpha value is -2.92. The highest BCUT2D eigenvalue weighted by atomic mass is 35.5. The molecular formula is C27H25ClF2N2O5S. The van der Waals surface area contributed by atoms with Crippen molar-refractivity contribution in [1.82, 2.24) is 4.98 Å². The Morgan fingerprint density at radius 1 is 1.05 bits per heavy atom. The number of fused-ring (bicyclic) bond motifs is 2. The number of aliphatic hydroxyl groups is 2. The van der Waals surface area contributed by atoms with Gasteiger partial charge in [-0.05, 0) is 79.1 Å². The van der Waals surface area contributed by atoms with E-state index in [1.165, 1.54) is 18.2 Å². The van der Waals surface area contributed by atoms with Crippen molar-refractivity contribution in [1.29, 1.82) is 0 Å². The van der Waals surface area contributed by atoms with Crippen LogP contribution in [0.5, 0.6) is 0 Å². The molecule has 1 heterocycles. The summed E-state index contributed by atoms with van der Waals surface area (Å²) in [5.41, 5.74) is -0.584. The normalized spacial score (nSPS) is 25.3. The van der Waals surface area contributed by atoms with Gasteiger partial charge in [0.25, 0.3) is 5.91 Å². The predicted molar refractivity (Wildman–Crippen MR) is 136 cm³/mol. The lowest BCUT2D eigenvalue weighted by atomic mass is 9.51. The van der Waals surface area contributed by atoms with Gasteiger partial charge in [0.2, 0.25) is 0 Å². The minimum absolute atomic E-state index is 0.00485. The van der Waals surface area contributed by atoms with Crippen LogP contribution in [0.25, 0.3) is 0 Å². The van der Waals surface area contributed by atoms with Crippen LogP contribution in [0.1, 0.15) is 35.2 Å². The molecule has 3 atom stereocenters. The summed E-state index contributed by atoms with van der Waals surface area (Å²) in [4.78, 5) is 16.4. The number of nitrogens with zero attached hydrogens (tertiary/aromatic N) is 1. The number of carbonyl (C=O) groups is 1. The second kappa shape index (κ2) is 10.00. The molecule has 0 radical (unpaired) electrons. The average molecular weight is 563 g/mol. The molecule has 0 aliphatic heterocycles. The van der Waals surface area contributed by atoms with Crippen LogP contribution in [-0.4, -0.2) is 46.5 Å². The molecule has 200 valence electrons. The SMILES string of the molecule is O=C(Nc1ccc(F)c(F)c1)c1ccc(Cl)c(S(=O)(=O)C2CC3CC(C2)C3(O)C(O)Cc2ccncc2)c1. The number of amides is 1. The summed E-state index contributed by atoms with van der Waals surface area (Å²) < 4.78 is 53.9. The zero-order chi connectivity index (χ0) is 27.2. The first-order valence-corrected chi connectivity index (χ1v) is 14.0. The van der Waals surface area contributed by atoms with Crippen LogP contribution < -0.4 is 5.32 Å². The molecule has 1 amide bonds. The molecule has 3 saturated carbocycles. The van der Waals surface area contributed by atoms with E-state index in [1.54, 1.807) is 24.5 Å². The number of benzene rings is 2. The van der Waals surface area contributed by atoms with Gasteiger partial charge in [-0.1, -0.05) is 11.6 Å². The summed E-state index contributed by atoms with van der Waals surface area (Å²) in [6.07, 6.45) is 3.28. The summed E-state index contributed by atoms with van der Waals surface area (Å²) in [7, 11) is -3.99. The molecule has 6 rings (SSSR count). The first-order valence-electron chi connectivity index (χ1n) is 12.1. The van der Waals surface area contributed by atoms with E-state index in [-0.39, 0.29) is 40.4 Å². The maximum Gasteiger partial charge on any atom is 0.255 e. The summed E-state index contributed by atoms with van der Waals surface area (Å²) in [6.45, 7) is 0. The van der Waals surface area contributed by atoms with Gasteiger partial charge in [-0.2, -0.15) is 0 Å². The third-order valence-corrected chi connectivity index (χ3v) is 10.5. The van der Waals surface area contributed by atoms with E-state index in [2.05, 4.69) is 10.3 Å². The van der Waals surface area contributed by atoms with Crippen LogP contribution in [0, 0.1) is 23.5 Å². The molecular weight excluding hydrogens is 538 g/mol. The number of pyridine rings is 1. The fraction of sp³-hybridized carbons (Fsp3) is 0.333. The van der Waals surface area contributed by atoms with E-state index < -0.39 is 56.2 Å². The highest BCUT2D eigenvalue weighted by molar-refractivity contribution is 7.92. The fourth-order valence-electron chi connectivity index (χ4n) is 5.72. The van der Waals surface area contributed by atoms with Gasteiger partial charge in [-0.15, -0.1) is 0 Å². The van der Waals surface area contributed by atoms with E-state index >= 15 is 0 Å². The summed E-state index contributed by atoms with van der Waals surface area (Å²) in [5.74, 6) is -3.73. The number of carbonyl (C=O) groups excluding carboxylic acids is 1. The number of halogens is 3. The molecule has 2 bridgehead atoms. The van der Waals surface area contributed by atoms with Crippen LogP contribution in [0.15, 0.2) is 65.8 Å². The third kappa shape index (κ3) is 4.70. The Labute approximate surface area is 223 Å². The van der Waals surface area contributed by atoms with Gasteiger partial charge >= 0.3 is 0 Å². The number of anilines is 1. The molecule has 3 aliphatic rings. The topological polar surface area (TPSA) is 117 Å². The quantitative estimate of drug-likeness (QED) is 0.398. The van der Waals surface area contributed by atoms with Gasteiger partial charge in [0.1, 0.15) is 0 Å². The van der Waals surface area contributed by atoms with Gasteiger partial charge in [0.05, 0.1) is 26.9 Å². The lowest BCUT2D eigenvalue weighted by Gasteiger charge is -2.60. The minimum Gasteiger partial charge on any atom is -0.390 e. The minimum atomic E-state index is -3.99. The van der Waals surface area contributed by atoms with Crippen molar-refractivity contribution in [2.75, 3.05) is 5.32 Å². The molecule has 3 fully saturated rings. The molecule has 0 saturated heterocycles. The first-order chi connectivity index (χ1) is 18.0. The fourth-order valence-corrected chi connectivity index (χ4v) is 8.12. The monoisotopic (exact) mass is 562 g/mol. The highest BCUT2D eigenvalue weighted by Crippen LogP contribution is 2.57. The number of sulfone groups is 1. The zero-order valence-corrected chi connectivity index (χ0v) is 21.6. The van der Waals surface area contributed by atoms with E-state index in [4.69, 9.17) is 11.6 Å². The molecule has 3 aliphatic carbocycles. The standard InChI is InChI=1S/C27H25ClF2N2O5S/c28-21-3-1-16(26(34)32-19-2-4-22(29)23(30)14-19)10-24(21)38(36,37)20-12-17-11-18(13-20)27(17,35)25(33)9-15-5-7-31-8-6-15/h1-8,10,14,17-18,20,25,33,35H,9,11-13H2,(H,32,34). The molecule has 1 aromatic heterocycles. The Morgan fingerprint density at radius 3 is 2.39 bits per heavy atom. The molecule has 3 aromatic rings. The second-order valence-electron chi connectivity index (χ2n) is 9.96. The number of nitrogens with one attached hydrogen (secondary N) is 1. The van der Waals surface area contributed by atoms with Crippen molar-refractivity contribution in [3.63, 3.8) is 0 Å². The van der Waals surface area contributed by atoms with Crippen LogP contribution in [0.2, 0.25) is 5.02 Å². The molecule has 38 heavy (non-hydrogen) atoms. The van der Waals surface area contributed by atoms with E-state index in [9.17, 15) is 32.2 Å². The van der Waals surface area contributed by atoms with Gasteiger partial charge in [0, 0.05) is 36.1 Å². The summed E-state index contributed by atoms with van der Waals surface area (Å²) in [5, 5.41) is 23.7. The van der Waals surface area contributed by atoms with Crippen molar-refractivity contribution in [3.8, 4) is 0 Å². The smallest absolute Gasteiger partial charge is 0.255 e. The van der Waals surface area contributed by atoms with E-state index in [0.29, 0.717) is 6.42 Å². The van der Waals surface area contributed by atoms with Gasteiger partial charge in [-0.25, -0.2) is 17.2 Å². The Bertz CT molecular complexity index is 1480.